The number of aliphatic hydroxyl groups is 1. The highest BCUT2D eigenvalue weighted by Gasteiger charge is 2.29. The third-order valence-electron chi connectivity index (χ3n) is 6.40. The highest BCUT2D eigenvalue weighted by Crippen LogP contribution is 2.38. The number of rotatable bonds is 7. The molecule has 11 heteroatoms. The number of halogens is 2. The minimum atomic E-state index is -0.628. The number of amides is 2. The van der Waals surface area contributed by atoms with Crippen molar-refractivity contribution >= 4 is 41.1 Å². The number of amidine groups is 1. The van der Waals surface area contributed by atoms with Gasteiger partial charge in [0.05, 0.1) is 34.1 Å². The van der Waals surface area contributed by atoms with Crippen molar-refractivity contribution in [2.75, 3.05) is 38.1 Å². The summed E-state index contributed by atoms with van der Waals surface area (Å²) in [6.07, 6.45) is 5.50. The van der Waals surface area contributed by atoms with E-state index in [1.807, 2.05) is 4.90 Å². The molecule has 0 saturated carbocycles. The lowest BCUT2D eigenvalue weighted by Gasteiger charge is -2.36. The zero-order chi connectivity index (χ0) is 27.2. The third kappa shape index (κ3) is 5.60. The van der Waals surface area contributed by atoms with Crippen LogP contribution in [0.4, 0.5) is 10.2 Å². The predicted molar refractivity (Wildman–Crippen MR) is 145 cm³/mol. The van der Waals surface area contributed by atoms with Gasteiger partial charge in [0.1, 0.15) is 23.2 Å². The van der Waals surface area contributed by atoms with Crippen molar-refractivity contribution < 1.29 is 19.1 Å². The molecule has 1 aliphatic carbocycles. The van der Waals surface area contributed by atoms with E-state index in [0.717, 1.165) is 0 Å². The van der Waals surface area contributed by atoms with Crippen LogP contribution >= 0.6 is 11.6 Å². The van der Waals surface area contributed by atoms with Crippen LogP contribution in [0, 0.1) is 0 Å². The molecule has 2 aromatic heterocycles. The summed E-state index contributed by atoms with van der Waals surface area (Å²) in [6, 6.07) is 6.93. The van der Waals surface area contributed by atoms with Gasteiger partial charge in [-0.05, 0) is 36.8 Å². The first kappa shape index (κ1) is 27.0. The Morgan fingerprint density at radius 2 is 2.03 bits per heavy atom. The van der Waals surface area contributed by atoms with E-state index in [1.165, 1.54) is 17.1 Å². The number of aliphatic imine (C=N–C) groups is 1. The second kappa shape index (κ2) is 12.0. The molecule has 2 amide bonds. The summed E-state index contributed by atoms with van der Waals surface area (Å²) < 4.78 is 14.9. The zero-order valence-electron chi connectivity index (χ0n) is 21.0. The summed E-state index contributed by atoms with van der Waals surface area (Å²) in [4.78, 5) is 42.9. The number of pyridine rings is 2. The second-order valence-corrected chi connectivity index (χ2v) is 9.13. The lowest BCUT2D eigenvalue weighted by Crippen LogP contribution is -2.50. The molecule has 0 atom stereocenters. The highest BCUT2D eigenvalue weighted by molar-refractivity contribution is 6.33. The first-order valence-corrected chi connectivity index (χ1v) is 12.5. The number of anilines is 1. The van der Waals surface area contributed by atoms with E-state index in [0.29, 0.717) is 56.1 Å². The van der Waals surface area contributed by atoms with E-state index < -0.39 is 5.83 Å². The van der Waals surface area contributed by atoms with Gasteiger partial charge in [0.15, 0.2) is 0 Å². The molecule has 2 aliphatic rings. The molecule has 1 aliphatic heterocycles. The second-order valence-electron chi connectivity index (χ2n) is 8.72. The maximum Gasteiger partial charge on any atom is 0.246 e. The number of nitrogens with zero attached hydrogens (tertiary/aromatic N) is 6. The van der Waals surface area contributed by atoms with Crippen LogP contribution in [0.5, 0.6) is 0 Å². The topological polar surface area (TPSA) is 102 Å². The van der Waals surface area contributed by atoms with Crippen molar-refractivity contribution in [2.45, 2.75) is 19.4 Å². The number of carbonyl (C=O) groups excluding carboxylic acids is 2. The Labute approximate surface area is 225 Å². The highest BCUT2D eigenvalue weighted by atomic mass is 35.5. The molecule has 1 saturated heterocycles. The summed E-state index contributed by atoms with van der Waals surface area (Å²) in [5.74, 6) is -0.233. The number of allylic oxidation sites excluding steroid dienone is 4. The molecule has 0 bridgehead atoms. The van der Waals surface area contributed by atoms with Crippen LogP contribution in [0.15, 0.2) is 65.8 Å². The molecule has 198 valence electrons. The van der Waals surface area contributed by atoms with E-state index in [1.54, 1.807) is 42.4 Å². The predicted octanol–water partition coefficient (Wildman–Crippen LogP) is 3.92. The van der Waals surface area contributed by atoms with Crippen molar-refractivity contribution in [3.8, 4) is 0 Å². The van der Waals surface area contributed by atoms with Gasteiger partial charge < -0.3 is 14.9 Å². The van der Waals surface area contributed by atoms with Gasteiger partial charge in [0, 0.05) is 45.8 Å². The van der Waals surface area contributed by atoms with Gasteiger partial charge in [0.25, 0.3) is 0 Å². The average molecular weight is 539 g/mol. The molecule has 0 aromatic carbocycles. The molecule has 1 N–H and O–H groups in total. The summed E-state index contributed by atoms with van der Waals surface area (Å²) in [6.45, 7) is 5.52. The lowest BCUT2D eigenvalue weighted by molar-refractivity contribution is -0.127. The van der Waals surface area contributed by atoms with Gasteiger partial charge in [-0.15, -0.1) is 0 Å². The van der Waals surface area contributed by atoms with Gasteiger partial charge in [-0.3, -0.25) is 24.5 Å². The monoisotopic (exact) mass is 538 g/mol. The normalized spacial score (nSPS) is 16.3. The molecule has 9 nitrogen and oxygen atoms in total. The van der Waals surface area contributed by atoms with Crippen LogP contribution in [-0.2, 0) is 16.1 Å². The molecule has 2 aromatic rings. The molecule has 0 spiro atoms. The van der Waals surface area contributed by atoms with Crippen molar-refractivity contribution in [3.63, 3.8) is 0 Å². The molecule has 38 heavy (non-hydrogen) atoms. The molecular formula is C27H28ClFN6O3. The van der Waals surface area contributed by atoms with Gasteiger partial charge >= 0.3 is 0 Å². The van der Waals surface area contributed by atoms with Gasteiger partial charge in [-0.1, -0.05) is 24.2 Å². The Morgan fingerprint density at radius 1 is 1.29 bits per heavy atom. The van der Waals surface area contributed by atoms with Gasteiger partial charge in [0.2, 0.25) is 12.3 Å². The smallest absolute Gasteiger partial charge is 0.246 e. The number of hydrogen-bond donors (Lipinski definition) is 1. The van der Waals surface area contributed by atoms with Crippen molar-refractivity contribution in [1.29, 1.82) is 0 Å². The molecule has 0 unspecified atom stereocenters. The summed E-state index contributed by atoms with van der Waals surface area (Å²) >= 11 is 6.64. The molecule has 4 rings (SSSR count). The largest absolute Gasteiger partial charge is 0.511 e. The number of carbonyl (C=O) groups is 2. The summed E-state index contributed by atoms with van der Waals surface area (Å²) in [7, 11) is 1.62. The van der Waals surface area contributed by atoms with Crippen LogP contribution in [-0.4, -0.2) is 76.3 Å². The molecule has 0 radical (unpaired) electrons. The summed E-state index contributed by atoms with van der Waals surface area (Å²) in [5, 5.41) is 10.6. The van der Waals surface area contributed by atoms with Gasteiger partial charge in [-0.25, -0.2) is 9.37 Å². The van der Waals surface area contributed by atoms with Gasteiger partial charge in [-0.2, -0.15) is 0 Å². The Morgan fingerprint density at radius 3 is 2.63 bits per heavy atom. The lowest BCUT2D eigenvalue weighted by atomic mass is 9.99. The van der Waals surface area contributed by atoms with E-state index in [4.69, 9.17) is 11.6 Å². The summed E-state index contributed by atoms with van der Waals surface area (Å²) in [5.41, 5.74) is 1.000. The van der Waals surface area contributed by atoms with E-state index in [9.17, 15) is 19.1 Å². The Kier molecular flexibility index (Phi) is 8.52. The number of aliphatic hydroxyl groups excluding tert-OH is 1. The number of aromatic nitrogens is 2. The minimum Gasteiger partial charge on any atom is -0.511 e. The van der Waals surface area contributed by atoms with E-state index >= 15 is 0 Å². The fraction of sp³-hybridized carbons (Fsp3) is 0.296. The quantitative estimate of drug-likeness (QED) is 0.248. The first-order valence-electron chi connectivity index (χ1n) is 12.1. The van der Waals surface area contributed by atoms with Crippen LogP contribution in [0.3, 0.4) is 0 Å². The van der Waals surface area contributed by atoms with Crippen LogP contribution in [0.1, 0.15) is 29.8 Å². The van der Waals surface area contributed by atoms with Crippen molar-refractivity contribution in [2.24, 2.45) is 4.99 Å². The van der Waals surface area contributed by atoms with Crippen molar-refractivity contribution in [1.82, 2.24) is 19.8 Å². The van der Waals surface area contributed by atoms with E-state index in [2.05, 4.69) is 21.5 Å². The standard InChI is InChI=1S/C27H28ClFN6O3/c1-3-23(38)33-11-13-34(14-12-33)26(30-2)19-15-20(28)25(24-21(29)8-6-9-22(24)37)32-27(19)35(17-36)16-18-7-4-5-10-31-18/h3-5,7-8,10,15,17,37H,1,6,9,11-14,16H2,2H3/b30-26+. The third-order valence-corrected chi connectivity index (χ3v) is 6.69. The Hall–Kier alpha value is -4.05. The molecule has 3 heterocycles. The van der Waals surface area contributed by atoms with Crippen LogP contribution < -0.4 is 4.90 Å². The minimum absolute atomic E-state index is 0.0288. The van der Waals surface area contributed by atoms with E-state index in [-0.39, 0.29) is 46.7 Å². The Balaban J connectivity index is 1.80. The average Bonchev–Trinajstić information content (AvgIpc) is 2.93. The Bertz CT molecular complexity index is 1320. The molecular weight excluding hydrogens is 511 g/mol. The maximum atomic E-state index is 14.9. The SMILES string of the molecule is C=CC(=O)N1CCN(/C(=N/C)c2cc(Cl)c(C3=C(O)CCC=C3F)nc2N(C=O)Cc2ccccn2)CC1. The van der Waals surface area contributed by atoms with Crippen LogP contribution in [0.2, 0.25) is 5.02 Å². The fourth-order valence-corrected chi connectivity index (χ4v) is 4.76. The van der Waals surface area contributed by atoms with Crippen LogP contribution in [0.25, 0.3) is 5.57 Å². The van der Waals surface area contributed by atoms with Crippen molar-refractivity contribution in [3.05, 3.63) is 82.8 Å². The zero-order valence-corrected chi connectivity index (χ0v) is 21.7. The fourth-order valence-electron chi connectivity index (χ4n) is 4.52. The first-order chi connectivity index (χ1) is 18.4. The maximum absolute atomic E-state index is 14.9. The number of hydrogen-bond acceptors (Lipinski definition) is 6. The molecule has 1 fully saturated rings. The number of piperazine rings is 1.